The third kappa shape index (κ3) is 3.20. The zero-order valence-electron chi connectivity index (χ0n) is 8.71. The maximum Gasteiger partial charge on any atom is 0.130 e. The van der Waals surface area contributed by atoms with E-state index in [2.05, 4.69) is 0 Å². The molecule has 2 rings (SSSR count). The lowest BCUT2D eigenvalue weighted by atomic mass is 10.2. The minimum absolute atomic E-state index is 0.276. The van der Waals surface area contributed by atoms with Crippen LogP contribution in [0.25, 0.3) is 0 Å². The lowest BCUT2D eigenvalue weighted by molar-refractivity contribution is 0.113. The van der Waals surface area contributed by atoms with Crippen molar-refractivity contribution in [3.05, 3.63) is 29.6 Å². The predicted molar refractivity (Wildman–Crippen MR) is 57.8 cm³/mol. The standard InChI is InChI=1S/C12H16FNO/c13-12-7-11(14)4-3-10(12)8-15-6-5-9-1-2-9/h3-4,7,9H,1-2,5-6,8,14H2. The van der Waals surface area contributed by atoms with E-state index in [1.165, 1.54) is 18.9 Å². The molecule has 1 saturated carbocycles. The molecule has 2 nitrogen and oxygen atoms in total. The van der Waals surface area contributed by atoms with Gasteiger partial charge >= 0.3 is 0 Å². The summed E-state index contributed by atoms with van der Waals surface area (Å²) in [6.07, 6.45) is 3.77. The lowest BCUT2D eigenvalue weighted by Crippen LogP contribution is -1.99. The Morgan fingerprint density at radius 1 is 1.40 bits per heavy atom. The van der Waals surface area contributed by atoms with Crippen molar-refractivity contribution in [2.24, 2.45) is 5.92 Å². The molecule has 15 heavy (non-hydrogen) atoms. The number of benzene rings is 1. The largest absolute Gasteiger partial charge is 0.399 e. The van der Waals surface area contributed by atoms with E-state index in [4.69, 9.17) is 10.5 Å². The van der Waals surface area contributed by atoms with Crippen LogP contribution in [0.1, 0.15) is 24.8 Å². The van der Waals surface area contributed by atoms with Crippen LogP contribution in [0.5, 0.6) is 0 Å². The average molecular weight is 209 g/mol. The summed E-state index contributed by atoms with van der Waals surface area (Å²) in [7, 11) is 0. The molecule has 0 unspecified atom stereocenters. The normalized spacial score (nSPS) is 15.5. The minimum atomic E-state index is -0.276. The van der Waals surface area contributed by atoms with Gasteiger partial charge in [-0.1, -0.05) is 18.9 Å². The lowest BCUT2D eigenvalue weighted by Gasteiger charge is -2.05. The molecule has 0 aliphatic heterocycles. The van der Waals surface area contributed by atoms with Gasteiger partial charge in [0.1, 0.15) is 5.82 Å². The molecule has 0 aromatic heterocycles. The predicted octanol–water partition coefficient (Wildman–Crippen LogP) is 2.72. The van der Waals surface area contributed by atoms with Gasteiger partial charge in [-0.3, -0.25) is 0 Å². The Hall–Kier alpha value is -1.09. The van der Waals surface area contributed by atoms with E-state index in [1.807, 2.05) is 0 Å². The Labute approximate surface area is 89.2 Å². The number of anilines is 1. The first-order valence-electron chi connectivity index (χ1n) is 5.37. The van der Waals surface area contributed by atoms with Crippen molar-refractivity contribution >= 4 is 5.69 Å². The van der Waals surface area contributed by atoms with Gasteiger partial charge < -0.3 is 10.5 Å². The summed E-state index contributed by atoms with van der Waals surface area (Å²) in [4.78, 5) is 0. The monoisotopic (exact) mass is 209 g/mol. The van der Waals surface area contributed by atoms with Gasteiger partial charge in [-0.05, 0) is 24.5 Å². The Bertz CT molecular complexity index is 336. The van der Waals surface area contributed by atoms with Crippen LogP contribution in [0.15, 0.2) is 18.2 Å². The third-order valence-corrected chi connectivity index (χ3v) is 2.70. The number of hydrogen-bond donors (Lipinski definition) is 1. The van der Waals surface area contributed by atoms with E-state index in [0.29, 0.717) is 17.9 Å². The van der Waals surface area contributed by atoms with Gasteiger partial charge in [-0.25, -0.2) is 4.39 Å². The Morgan fingerprint density at radius 3 is 2.87 bits per heavy atom. The van der Waals surface area contributed by atoms with Crippen LogP contribution < -0.4 is 5.73 Å². The van der Waals surface area contributed by atoms with Crippen molar-refractivity contribution in [3.63, 3.8) is 0 Å². The fourth-order valence-electron chi connectivity index (χ4n) is 1.52. The van der Waals surface area contributed by atoms with Crippen LogP contribution in [0, 0.1) is 11.7 Å². The molecule has 0 spiro atoms. The summed E-state index contributed by atoms with van der Waals surface area (Å²) in [5.74, 6) is 0.586. The van der Waals surface area contributed by atoms with Crippen molar-refractivity contribution in [2.75, 3.05) is 12.3 Å². The summed E-state index contributed by atoms with van der Waals surface area (Å²) in [6, 6.07) is 4.71. The van der Waals surface area contributed by atoms with E-state index < -0.39 is 0 Å². The summed E-state index contributed by atoms with van der Waals surface area (Å²) in [6.45, 7) is 1.08. The first-order valence-corrected chi connectivity index (χ1v) is 5.37. The molecule has 82 valence electrons. The highest BCUT2D eigenvalue weighted by Gasteiger charge is 2.20. The molecule has 0 heterocycles. The Kier molecular flexibility index (Phi) is 3.21. The summed E-state index contributed by atoms with van der Waals surface area (Å²) >= 11 is 0. The second-order valence-electron chi connectivity index (χ2n) is 4.14. The van der Waals surface area contributed by atoms with Crippen LogP contribution >= 0.6 is 0 Å². The first kappa shape index (κ1) is 10.4. The van der Waals surface area contributed by atoms with Crippen molar-refractivity contribution in [3.8, 4) is 0 Å². The van der Waals surface area contributed by atoms with Gasteiger partial charge in [0, 0.05) is 17.9 Å². The maximum absolute atomic E-state index is 13.3. The molecule has 0 atom stereocenters. The molecule has 1 aliphatic carbocycles. The zero-order chi connectivity index (χ0) is 10.7. The zero-order valence-corrected chi connectivity index (χ0v) is 8.71. The van der Waals surface area contributed by atoms with Gasteiger partial charge in [-0.15, -0.1) is 0 Å². The molecule has 1 fully saturated rings. The van der Waals surface area contributed by atoms with Crippen LogP contribution in [0.2, 0.25) is 0 Å². The number of ether oxygens (including phenoxy) is 1. The van der Waals surface area contributed by atoms with Crippen LogP contribution in [0.4, 0.5) is 10.1 Å². The van der Waals surface area contributed by atoms with Gasteiger partial charge in [0.2, 0.25) is 0 Å². The smallest absolute Gasteiger partial charge is 0.130 e. The highest BCUT2D eigenvalue weighted by atomic mass is 19.1. The molecule has 1 aliphatic rings. The van der Waals surface area contributed by atoms with Crippen molar-refractivity contribution in [2.45, 2.75) is 25.9 Å². The molecule has 0 bridgehead atoms. The summed E-state index contributed by atoms with van der Waals surface area (Å²) < 4.78 is 18.7. The molecule has 1 aromatic carbocycles. The number of nitrogens with two attached hydrogens (primary N) is 1. The second-order valence-corrected chi connectivity index (χ2v) is 4.14. The summed E-state index contributed by atoms with van der Waals surface area (Å²) in [5, 5.41) is 0. The van der Waals surface area contributed by atoms with E-state index in [9.17, 15) is 4.39 Å². The first-order chi connectivity index (χ1) is 7.25. The van der Waals surface area contributed by atoms with E-state index in [1.54, 1.807) is 12.1 Å². The highest BCUT2D eigenvalue weighted by molar-refractivity contribution is 5.40. The summed E-state index contributed by atoms with van der Waals surface area (Å²) in [5.41, 5.74) is 6.49. The quantitative estimate of drug-likeness (QED) is 0.597. The fourth-order valence-corrected chi connectivity index (χ4v) is 1.52. The molecular weight excluding hydrogens is 193 g/mol. The number of hydrogen-bond acceptors (Lipinski definition) is 2. The molecule has 2 N–H and O–H groups in total. The van der Waals surface area contributed by atoms with Crippen molar-refractivity contribution in [1.29, 1.82) is 0 Å². The van der Waals surface area contributed by atoms with Gasteiger partial charge in [0.05, 0.1) is 6.61 Å². The molecule has 0 amide bonds. The number of rotatable bonds is 5. The van der Waals surface area contributed by atoms with E-state index >= 15 is 0 Å². The average Bonchev–Trinajstić information content (AvgIpc) is 2.99. The van der Waals surface area contributed by atoms with Crippen molar-refractivity contribution in [1.82, 2.24) is 0 Å². The molecule has 3 heteroatoms. The SMILES string of the molecule is Nc1ccc(COCCC2CC2)c(F)c1. The van der Waals surface area contributed by atoms with E-state index in [-0.39, 0.29) is 5.82 Å². The number of nitrogen functional groups attached to an aromatic ring is 1. The second kappa shape index (κ2) is 4.62. The highest BCUT2D eigenvalue weighted by Crippen LogP contribution is 2.32. The Morgan fingerprint density at radius 2 is 2.20 bits per heavy atom. The van der Waals surface area contributed by atoms with Crippen molar-refractivity contribution < 1.29 is 9.13 Å². The maximum atomic E-state index is 13.3. The van der Waals surface area contributed by atoms with Crippen LogP contribution in [-0.2, 0) is 11.3 Å². The number of halogens is 1. The molecular formula is C12H16FNO. The molecule has 0 saturated heterocycles. The van der Waals surface area contributed by atoms with Gasteiger partial charge in [0.25, 0.3) is 0 Å². The topological polar surface area (TPSA) is 35.2 Å². The van der Waals surface area contributed by atoms with Gasteiger partial charge in [-0.2, -0.15) is 0 Å². The fraction of sp³-hybridized carbons (Fsp3) is 0.500. The third-order valence-electron chi connectivity index (χ3n) is 2.70. The minimum Gasteiger partial charge on any atom is -0.399 e. The molecule has 1 aromatic rings. The molecule has 0 radical (unpaired) electrons. The van der Waals surface area contributed by atoms with Gasteiger partial charge in [0.15, 0.2) is 0 Å². The van der Waals surface area contributed by atoms with Crippen LogP contribution in [0.3, 0.4) is 0 Å². The van der Waals surface area contributed by atoms with Crippen LogP contribution in [-0.4, -0.2) is 6.61 Å². The van der Waals surface area contributed by atoms with E-state index in [0.717, 1.165) is 18.9 Å². The Balaban J connectivity index is 1.76.